The van der Waals surface area contributed by atoms with Gasteiger partial charge in [0.1, 0.15) is 5.82 Å². The molecule has 0 atom stereocenters. The van der Waals surface area contributed by atoms with Gasteiger partial charge in [0.25, 0.3) is 0 Å². The van der Waals surface area contributed by atoms with Crippen LogP contribution in [0, 0.1) is 0 Å². The Balaban J connectivity index is 1.72. The molecule has 2 aliphatic rings. The standard InChI is InChI=1S/C11H15N3O2S/c15-9(16)5-6-17-11-13-12-10(7-1-2-7)14(11)8-3-4-8/h7-8H,1-6H2,(H,15,16). The molecule has 1 N–H and O–H groups in total. The fourth-order valence-electron chi connectivity index (χ4n) is 1.91. The Hall–Kier alpha value is -1.04. The maximum absolute atomic E-state index is 10.5. The molecule has 1 aromatic rings. The molecule has 0 saturated heterocycles. The van der Waals surface area contributed by atoms with E-state index in [2.05, 4.69) is 14.8 Å². The fraction of sp³-hybridized carbons (Fsp3) is 0.727. The predicted octanol–water partition coefficient (Wildman–Crippen LogP) is 2.06. The molecule has 2 aliphatic carbocycles. The van der Waals surface area contributed by atoms with Crippen LogP contribution in [0.1, 0.15) is 49.9 Å². The molecule has 1 heterocycles. The third-order valence-corrected chi connectivity index (χ3v) is 4.04. The lowest BCUT2D eigenvalue weighted by Gasteiger charge is -2.07. The van der Waals surface area contributed by atoms with E-state index in [1.807, 2.05) is 0 Å². The summed E-state index contributed by atoms with van der Waals surface area (Å²) in [5.74, 6) is 1.56. The third-order valence-electron chi connectivity index (χ3n) is 3.09. The van der Waals surface area contributed by atoms with Crippen LogP contribution in [0.15, 0.2) is 5.16 Å². The zero-order valence-corrected chi connectivity index (χ0v) is 10.3. The van der Waals surface area contributed by atoms with Crippen LogP contribution < -0.4 is 0 Å². The average Bonchev–Trinajstić information content (AvgIpc) is 3.18. The number of nitrogens with zero attached hydrogens (tertiary/aromatic N) is 3. The van der Waals surface area contributed by atoms with Gasteiger partial charge < -0.3 is 9.67 Å². The first kappa shape index (κ1) is 11.1. The summed E-state index contributed by atoms with van der Waals surface area (Å²) in [6, 6.07) is 0.577. The summed E-state index contributed by atoms with van der Waals surface area (Å²) in [6.07, 6.45) is 5.06. The lowest BCUT2D eigenvalue weighted by atomic mass is 10.4. The summed E-state index contributed by atoms with van der Waals surface area (Å²) in [4.78, 5) is 10.5. The van der Waals surface area contributed by atoms with E-state index >= 15 is 0 Å². The highest BCUT2D eigenvalue weighted by molar-refractivity contribution is 7.99. The van der Waals surface area contributed by atoms with Crippen LogP contribution in [-0.4, -0.2) is 31.6 Å². The lowest BCUT2D eigenvalue weighted by molar-refractivity contribution is -0.136. The van der Waals surface area contributed by atoms with Gasteiger partial charge in [0.05, 0.1) is 6.42 Å². The average molecular weight is 253 g/mol. The first-order valence-corrected chi connectivity index (χ1v) is 7.03. The number of thioether (sulfide) groups is 1. The third kappa shape index (κ3) is 2.46. The van der Waals surface area contributed by atoms with Crippen molar-refractivity contribution in [2.45, 2.75) is 49.2 Å². The topological polar surface area (TPSA) is 68.0 Å². The van der Waals surface area contributed by atoms with Crippen molar-refractivity contribution in [3.63, 3.8) is 0 Å². The largest absolute Gasteiger partial charge is 0.481 e. The highest BCUT2D eigenvalue weighted by Crippen LogP contribution is 2.45. The quantitative estimate of drug-likeness (QED) is 0.786. The molecule has 0 aliphatic heterocycles. The molecular formula is C11H15N3O2S. The Morgan fingerprint density at radius 2 is 2.12 bits per heavy atom. The van der Waals surface area contributed by atoms with E-state index in [1.54, 1.807) is 0 Å². The van der Waals surface area contributed by atoms with Crippen LogP contribution in [0.5, 0.6) is 0 Å². The zero-order chi connectivity index (χ0) is 11.8. The van der Waals surface area contributed by atoms with Crippen LogP contribution in [0.3, 0.4) is 0 Å². The molecule has 0 spiro atoms. The van der Waals surface area contributed by atoms with Gasteiger partial charge >= 0.3 is 5.97 Å². The SMILES string of the molecule is O=C(O)CCSc1nnc(C2CC2)n1C1CC1. The van der Waals surface area contributed by atoms with Crippen molar-refractivity contribution >= 4 is 17.7 Å². The van der Waals surface area contributed by atoms with Crippen LogP contribution >= 0.6 is 11.8 Å². The Morgan fingerprint density at radius 3 is 2.71 bits per heavy atom. The Morgan fingerprint density at radius 1 is 1.35 bits per heavy atom. The van der Waals surface area contributed by atoms with Crippen molar-refractivity contribution in [2.75, 3.05) is 5.75 Å². The van der Waals surface area contributed by atoms with Crippen molar-refractivity contribution in [3.05, 3.63) is 5.82 Å². The number of aromatic nitrogens is 3. The Bertz CT molecular complexity index is 438. The second-order valence-electron chi connectivity index (χ2n) is 4.71. The molecular weight excluding hydrogens is 238 g/mol. The summed E-state index contributed by atoms with van der Waals surface area (Å²) in [7, 11) is 0. The molecule has 6 heteroatoms. The summed E-state index contributed by atoms with van der Waals surface area (Å²) in [5, 5.41) is 18.0. The Labute approximate surface area is 104 Å². The van der Waals surface area contributed by atoms with Gasteiger partial charge in [-0.2, -0.15) is 0 Å². The van der Waals surface area contributed by atoms with Crippen molar-refractivity contribution in [1.82, 2.24) is 14.8 Å². The Kier molecular flexibility index (Phi) is 2.82. The van der Waals surface area contributed by atoms with Gasteiger partial charge in [0, 0.05) is 17.7 Å². The minimum atomic E-state index is -0.752. The maximum Gasteiger partial charge on any atom is 0.304 e. The van der Waals surface area contributed by atoms with Crippen molar-refractivity contribution in [1.29, 1.82) is 0 Å². The van der Waals surface area contributed by atoms with E-state index in [0.717, 1.165) is 11.0 Å². The first-order valence-electron chi connectivity index (χ1n) is 6.05. The summed E-state index contributed by atoms with van der Waals surface area (Å²) >= 11 is 1.52. The van der Waals surface area contributed by atoms with Gasteiger partial charge in [0.2, 0.25) is 0 Å². The van der Waals surface area contributed by atoms with Crippen molar-refractivity contribution < 1.29 is 9.90 Å². The molecule has 0 radical (unpaired) electrons. The molecule has 5 nitrogen and oxygen atoms in total. The molecule has 2 saturated carbocycles. The number of aliphatic carboxylic acids is 1. The molecule has 3 rings (SSSR count). The van der Waals surface area contributed by atoms with Gasteiger partial charge in [-0.3, -0.25) is 4.79 Å². The molecule has 2 fully saturated rings. The van der Waals surface area contributed by atoms with Crippen LogP contribution in [-0.2, 0) is 4.79 Å². The number of rotatable bonds is 6. The first-order chi connectivity index (χ1) is 8.25. The van der Waals surface area contributed by atoms with Gasteiger partial charge in [0.15, 0.2) is 5.16 Å². The maximum atomic E-state index is 10.5. The monoisotopic (exact) mass is 253 g/mol. The van der Waals surface area contributed by atoms with Crippen molar-refractivity contribution in [3.8, 4) is 0 Å². The molecule has 0 amide bonds. The fourth-order valence-corrected chi connectivity index (χ4v) is 2.85. The number of carboxylic acids is 1. The summed E-state index contributed by atoms with van der Waals surface area (Å²) < 4.78 is 2.25. The summed E-state index contributed by atoms with van der Waals surface area (Å²) in [5.41, 5.74) is 0. The number of carboxylic acid groups (broad SMARTS) is 1. The van der Waals surface area contributed by atoms with Gasteiger partial charge in [-0.25, -0.2) is 0 Å². The molecule has 92 valence electrons. The number of hydrogen-bond acceptors (Lipinski definition) is 4. The van der Waals surface area contributed by atoms with Crippen LogP contribution in [0.4, 0.5) is 0 Å². The predicted molar refractivity (Wildman–Crippen MR) is 63.2 cm³/mol. The second-order valence-corrected chi connectivity index (χ2v) is 5.77. The van der Waals surface area contributed by atoms with E-state index < -0.39 is 5.97 Å². The molecule has 0 bridgehead atoms. The van der Waals surface area contributed by atoms with Crippen LogP contribution in [0.25, 0.3) is 0 Å². The number of hydrogen-bond donors (Lipinski definition) is 1. The van der Waals surface area contributed by atoms with E-state index in [4.69, 9.17) is 5.11 Å². The van der Waals surface area contributed by atoms with E-state index in [-0.39, 0.29) is 6.42 Å². The molecule has 0 unspecified atom stereocenters. The zero-order valence-electron chi connectivity index (χ0n) is 9.50. The molecule has 0 aromatic carbocycles. The smallest absolute Gasteiger partial charge is 0.304 e. The van der Waals surface area contributed by atoms with E-state index in [9.17, 15) is 4.79 Å². The molecule has 17 heavy (non-hydrogen) atoms. The minimum absolute atomic E-state index is 0.182. The van der Waals surface area contributed by atoms with Gasteiger partial charge in [-0.15, -0.1) is 10.2 Å². The second kappa shape index (κ2) is 4.33. The summed E-state index contributed by atoms with van der Waals surface area (Å²) in [6.45, 7) is 0. The van der Waals surface area contributed by atoms with Crippen LogP contribution in [0.2, 0.25) is 0 Å². The lowest BCUT2D eigenvalue weighted by Crippen LogP contribution is -2.03. The van der Waals surface area contributed by atoms with E-state index in [1.165, 1.54) is 37.4 Å². The normalized spacial score (nSPS) is 19.5. The molecule has 1 aromatic heterocycles. The highest BCUT2D eigenvalue weighted by atomic mass is 32.2. The van der Waals surface area contributed by atoms with Gasteiger partial charge in [-0.05, 0) is 25.7 Å². The number of carbonyl (C=O) groups is 1. The highest BCUT2D eigenvalue weighted by Gasteiger charge is 2.36. The van der Waals surface area contributed by atoms with Gasteiger partial charge in [-0.1, -0.05) is 11.8 Å². The van der Waals surface area contributed by atoms with E-state index in [0.29, 0.717) is 17.7 Å². The van der Waals surface area contributed by atoms with Crippen molar-refractivity contribution in [2.24, 2.45) is 0 Å². The minimum Gasteiger partial charge on any atom is -0.481 e.